The van der Waals surface area contributed by atoms with Crippen LogP contribution in [-0.2, 0) is 7.05 Å². The Morgan fingerprint density at radius 3 is 2.72 bits per heavy atom. The number of aryl methyl sites for hydroxylation is 1. The Morgan fingerprint density at radius 1 is 1.28 bits per heavy atom. The summed E-state index contributed by atoms with van der Waals surface area (Å²) in [6, 6.07) is 7.83. The number of benzene rings is 1. The molecule has 0 unspecified atom stereocenters. The van der Waals surface area contributed by atoms with Crippen LogP contribution >= 0.6 is 0 Å². The zero-order chi connectivity index (χ0) is 18.1. The zero-order valence-corrected chi connectivity index (χ0v) is 13.5. The van der Waals surface area contributed by atoms with E-state index in [0.717, 1.165) is 6.07 Å². The maximum atomic E-state index is 14.0. The minimum absolute atomic E-state index is 0.251. The normalized spacial score (nSPS) is 12.0. The predicted octanol–water partition coefficient (Wildman–Crippen LogP) is 3.26. The average Bonchev–Trinajstić information content (AvgIpc) is 2.58. The largest absolute Gasteiger partial charge is 0.363 e. The van der Waals surface area contributed by atoms with Gasteiger partial charge in [-0.2, -0.15) is 5.26 Å². The van der Waals surface area contributed by atoms with Crippen molar-refractivity contribution < 1.29 is 8.78 Å². The van der Waals surface area contributed by atoms with E-state index in [4.69, 9.17) is 0 Å². The lowest BCUT2D eigenvalue weighted by Gasteiger charge is -2.18. The fraction of sp³-hybridized carbons (Fsp3) is 0.167. The molecule has 0 aliphatic rings. The smallest absolute Gasteiger partial charge is 0.250 e. The maximum Gasteiger partial charge on any atom is 0.250 e. The predicted molar refractivity (Wildman–Crippen MR) is 90.1 cm³/mol. The van der Waals surface area contributed by atoms with Crippen molar-refractivity contribution in [3.63, 3.8) is 0 Å². The number of pyridine rings is 2. The van der Waals surface area contributed by atoms with Crippen LogP contribution in [-0.4, -0.2) is 9.55 Å². The van der Waals surface area contributed by atoms with E-state index in [1.807, 2.05) is 6.07 Å². The Morgan fingerprint density at radius 2 is 2.04 bits per heavy atom. The summed E-state index contributed by atoms with van der Waals surface area (Å²) in [6.07, 6.45) is 1.36. The average molecular weight is 340 g/mol. The fourth-order valence-electron chi connectivity index (χ4n) is 2.75. The van der Waals surface area contributed by atoms with Crippen LogP contribution in [0.1, 0.15) is 24.1 Å². The topological polar surface area (TPSA) is 70.7 Å². The van der Waals surface area contributed by atoms with Crippen LogP contribution in [0.25, 0.3) is 10.9 Å². The molecule has 5 nitrogen and oxygen atoms in total. The van der Waals surface area contributed by atoms with Crippen LogP contribution in [0.2, 0.25) is 0 Å². The quantitative estimate of drug-likeness (QED) is 0.794. The van der Waals surface area contributed by atoms with Crippen molar-refractivity contribution >= 4 is 16.7 Å². The summed E-state index contributed by atoms with van der Waals surface area (Å²) in [5.74, 6) is -0.906. The molecule has 7 heteroatoms. The molecule has 0 bridgehead atoms. The molecule has 0 aliphatic carbocycles. The molecule has 2 aromatic heterocycles. The number of halogens is 2. The second-order valence-corrected chi connectivity index (χ2v) is 5.66. The Labute approximate surface area is 142 Å². The highest BCUT2D eigenvalue weighted by Gasteiger charge is 2.16. The molecule has 0 amide bonds. The van der Waals surface area contributed by atoms with Crippen LogP contribution in [0, 0.1) is 23.0 Å². The SMILES string of the molecule is C[C@@H](Nc1ncc(C#N)c2c1ccc(=O)n2C)c1ccc(F)cc1F. The van der Waals surface area contributed by atoms with Crippen molar-refractivity contribution in [1.82, 2.24) is 9.55 Å². The number of anilines is 1. The van der Waals surface area contributed by atoms with Gasteiger partial charge in [0.25, 0.3) is 5.56 Å². The molecule has 2 heterocycles. The number of hydrogen-bond donors (Lipinski definition) is 1. The number of nitrogens with one attached hydrogen (secondary N) is 1. The van der Waals surface area contributed by atoms with Gasteiger partial charge in [-0.05, 0) is 19.1 Å². The molecule has 3 rings (SSSR count). The minimum Gasteiger partial charge on any atom is -0.363 e. The second kappa shape index (κ2) is 6.32. The van der Waals surface area contributed by atoms with Gasteiger partial charge in [-0.15, -0.1) is 0 Å². The first-order valence-electron chi connectivity index (χ1n) is 7.52. The van der Waals surface area contributed by atoms with Crippen molar-refractivity contribution in [2.24, 2.45) is 7.05 Å². The van der Waals surface area contributed by atoms with Gasteiger partial charge in [0.2, 0.25) is 0 Å². The molecule has 0 saturated heterocycles. The van der Waals surface area contributed by atoms with E-state index in [0.29, 0.717) is 16.7 Å². The van der Waals surface area contributed by atoms with Crippen LogP contribution in [0.4, 0.5) is 14.6 Å². The van der Waals surface area contributed by atoms with E-state index in [-0.39, 0.29) is 16.7 Å². The third-order valence-corrected chi connectivity index (χ3v) is 4.05. The molecule has 0 spiro atoms. The monoisotopic (exact) mass is 340 g/mol. The van der Waals surface area contributed by atoms with Crippen molar-refractivity contribution in [1.29, 1.82) is 5.26 Å². The maximum absolute atomic E-state index is 14.0. The first-order valence-corrected chi connectivity index (χ1v) is 7.52. The van der Waals surface area contributed by atoms with Gasteiger partial charge >= 0.3 is 0 Å². The van der Waals surface area contributed by atoms with Crippen LogP contribution in [0.15, 0.2) is 41.3 Å². The van der Waals surface area contributed by atoms with E-state index in [2.05, 4.69) is 10.3 Å². The molecular weight excluding hydrogens is 326 g/mol. The van der Waals surface area contributed by atoms with Crippen molar-refractivity contribution in [2.45, 2.75) is 13.0 Å². The van der Waals surface area contributed by atoms with E-state index in [1.165, 1.54) is 29.0 Å². The fourth-order valence-corrected chi connectivity index (χ4v) is 2.75. The standard InChI is InChI=1S/C18H14F2N4O/c1-10(13-4-3-12(19)7-15(13)20)23-18-14-5-6-16(25)24(2)17(14)11(8-21)9-22-18/h3-7,9-10H,1-2H3,(H,22,23)/t10-/m1/s1. The van der Waals surface area contributed by atoms with E-state index < -0.39 is 17.7 Å². The Balaban J connectivity index is 2.09. The minimum atomic E-state index is -0.662. The lowest BCUT2D eigenvalue weighted by atomic mass is 10.1. The van der Waals surface area contributed by atoms with Gasteiger partial charge in [0.15, 0.2) is 0 Å². The third kappa shape index (κ3) is 2.94. The first-order chi connectivity index (χ1) is 11.9. The Bertz CT molecular complexity index is 1070. The highest BCUT2D eigenvalue weighted by molar-refractivity contribution is 5.93. The summed E-state index contributed by atoms with van der Waals surface area (Å²) < 4.78 is 28.4. The van der Waals surface area contributed by atoms with Gasteiger partial charge in [-0.3, -0.25) is 4.79 Å². The van der Waals surface area contributed by atoms with Gasteiger partial charge in [0, 0.05) is 36.3 Å². The molecule has 1 atom stereocenters. The number of hydrogen-bond acceptors (Lipinski definition) is 4. The summed E-state index contributed by atoms with van der Waals surface area (Å²) in [7, 11) is 1.57. The van der Waals surface area contributed by atoms with Gasteiger partial charge in [-0.25, -0.2) is 13.8 Å². The molecule has 25 heavy (non-hydrogen) atoms. The molecule has 0 radical (unpaired) electrons. The summed E-state index contributed by atoms with van der Waals surface area (Å²) in [5, 5.41) is 12.9. The summed E-state index contributed by atoms with van der Waals surface area (Å²) in [4.78, 5) is 16.1. The molecule has 0 saturated carbocycles. The molecule has 1 N–H and O–H groups in total. The number of nitrogens with zero attached hydrogens (tertiary/aromatic N) is 3. The van der Waals surface area contributed by atoms with Gasteiger partial charge in [0.1, 0.15) is 23.5 Å². The van der Waals surface area contributed by atoms with Gasteiger partial charge in [-0.1, -0.05) is 6.07 Å². The van der Waals surface area contributed by atoms with Crippen molar-refractivity contribution in [3.05, 3.63) is 69.6 Å². The third-order valence-electron chi connectivity index (χ3n) is 4.05. The molecule has 0 fully saturated rings. The molecule has 3 aromatic rings. The zero-order valence-electron chi connectivity index (χ0n) is 13.5. The van der Waals surface area contributed by atoms with Crippen molar-refractivity contribution in [3.8, 4) is 6.07 Å². The molecule has 0 aliphatic heterocycles. The number of nitriles is 1. The number of fused-ring (bicyclic) bond motifs is 1. The molecule has 126 valence electrons. The van der Waals surface area contributed by atoms with Crippen LogP contribution < -0.4 is 10.9 Å². The number of rotatable bonds is 3. The van der Waals surface area contributed by atoms with Crippen molar-refractivity contribution in [2.75, 3.05) is 5.32 Å². The summed E-state index contributed by atoms with van der Waals surface area (Å²) in [6.45, 7) is 1.71. The Hall–Kier alpha value is -3.27. The first kappa shape index (κ1) is 16.6. The second-order valence-electron chi connectivity index (χ2n) is 5.66. The summed E-state index contributed by atoms with van der Waals surface area (Å²) in [5.41, 5.74) is 0.741. The van der Waals surface area contributed by atoms with E-state index >= 15 is 0 Å². The lowest BCUT2D eigenvalue weighted by Crippen LogP contribution is -2.17. The van der Waals surface area contributed by atoms with E-state index in [9.17, 15) is 18.8 Å². The van der Waals surface area contributed by atoms with Gasteiger partial charge in [0.05, 0.1) is 17.1 Å². The molecule has 1 aromatic carbocycles. The number of aromatic nitrogens is 2. The summed E-state index contributed by atoms with van der Waals surface area (Å²) >= 11 is 0. The van der Waals surface area contributed by atoms with Crippen LogP contribution in [0.5, 0.6) is 0 Å². The van der Waals surface area contributed by atoms with Crippen LogP contribution in [0.3, 0.4) is 0 Å². The van der Waals surface area contributed by atoms with E-state index in [1.54, 1.807) is 20.0 Å². The lowest BCUT2D eigenvalue weighted by molar-refractivity contribution is 0.566. The Kier molecular flexibility index (Phi) is 4.19. The highest BCUT2D eigenvalue weighted by atomic mass is 19.1. The van der Waals surface area contributed by atoms with Gasteiger partial charge < -0.3 is 9.88 Å². The molecular formula is C18H14F2N4O. The highest BCUT2D eigenvalue weighted by Crippen LogP contribution is 2.27.